The van der Waals surface area contributed by atoms with Gasteiger partial charge < -0.3 is 14.6 Å². The topological polar surface area (TPSA) is 43.3 Å². The fraction of sp³-hybridized carbons (Fsp3) is 0.0930. The van der Waals surface area contributed by atoms with E-state index in [1.54, 1.807) is 0 Å². The third-order valence-electron chi connectivity index (χ3n) is 8.66. The molecule has 0 spiro atoms. The number of nitrogens with one attached hydrogen (secondary N) is 1. The quantitative estimate of drug-likeness (QED) is 0.155. The Balaban J connectivity index is 1.28. The number of benzene rings is 6. The zero-order valence-corrected chi connectivity index (χ0v) is 26.4. The number of hydrogen-bond acceptors (Lipinski definition) is 2. The van der Waals surface area contributed by atoms with E-state index in [4.69, 9.17) is 4.74 Å². The van der Waals surface area contributed by atoms with Crippen LogP contribution in [0.2, 0.25) is 0 Å². The summed E-state index contributed by atoms with van der Waals surface area (Å²) in [7, 11) is 0. The van der Waals surface area contributed by atoms with Crippen molar-refractivity contribution in [1.29, 1.82) is 0 Å². The van der Waals surface area contributed by atoms with Crippen molar-refractivity contribution in [3.05, 3.63) is 204 Å². The van der Waals surface area contributed by atoms with Gasteiger partial charge in [-0.25, -0.2) is 4.39 Å². The summed E-state index contributed by atoms with van der Waals surface area (Å²) >= 11 is 0. The van der Waals surface area contributed by atoms with Gasteiger partial charge in [0.05, 0.1) is 6.04 Å². The first-order chi connectivity index (χ1) is 23.6. The second-order valence-corrected chi connectivity index (χ2v) is 11.9. The molecule has 4 nitrogen and oxygen atoms in total. The molecule has 1 N–H and O–H groups in total. The number of fused-ring (bicyclic) bond motifs is 1. The van der Waals surface area contributed by atoms with Gasteiger partial charge in [-0.15, -0.1) is 0 Å². The molecule has 0 fully saturated rings. The first-order valence-electron chi connectivity index (χ1n) is 16.1. The maximum atomic E-state index is 14.2. The van der Waals surface area contributed by atoms with Gasteiger partial charge in [-0.3, -0.25) is 4.79 Å². The highest BCUT2D eigenvalue weighted by Crippen LogP contribution is 2.37. The van der Waals surface area contributed by atoms with Gasteiger partial charge in [0.25, 0.3) is 0 Å². The Morgan fingerprint density at radius 2 is 1.23 bits per heavy atom. The highest BCUT2D eigenvalue weighted by molar-refractivity contribution is 5.87. The van der Waals surface area contributed by atoms with Crippen molar-refractivity contribution in [2.75, 3.05) is 0 Å². The van der Waals surface area contributed by atoms with Crippen molar-refractivity contribution >= 4 is 16.8 Å². The summed E-state index contributed by atoms with van der Waals surface area (Å²) in [6.07, 6.45) is 2.36. The lowest BCUT2D eigenvalue weighted by Gasteiger charge is -2.23. The summed E-state index contributed by atoms with van der Waals surface area (Å²) in [5.41, 5.74) is 6.08. The Bertz CT molecular complexity index is 2070. The van der Waals surface area contributed by atoms with Crippen molar-refractivity contribution in [2.45, 2.75) is 24.9 Å². The van der Waals surface area contributed by atoms with E-state index in [0.717, 1.165) is 44.5 Å². The van der Waals surface area contributed by atoms with Crippen LogP contribution in [0.25, 0.3) is 10.9 Å². The van der Waals surface area contributed by atoms with Crippen LogP contribution in [0.4, 0.5) is 4.39 Å². The van der Waals surface area contributed by atoms with Gasteiger partial charge in [-0.05, 0) is 70.3 Å². The van der Waals surface area contributed by atoms with Crippen LogP contribution in [0.3, 0.4) is 0 Å². The van der Waals surface area contributed by atoms with Gasteiger partial charge in [0, 0.05) is 36.0 Å². The Morgan fingerprint density at radius 1 is 0.646 bits per heavy atom. The third kappa shape index (κ3) is 7.06. The molecular formula is C43H35FN2O2. The summed E-state index contributed by atoms with van der Waals surface area (Å²) in [4.78, 5) is 14.2. The molecule has 1 aromatic heterocycles. The molecule has 1 atom stereocenters. The minimum atomic E-state index is -0.298. The highest BCUT2D eigenvalue weighted by Gasteiger charge is 2.25. The smallest absolute Gasteiger partial charge is 0.221 e. The molecule has 0 radical (unpaired) electrons. The van der Waals surface area contributed by atoms with E-state index in [0.29, 0.717) is 12.3 Å². The second-order valence-electron chi connectivity index (χ2n) is 11.9. The molecule has 48 heavy (non-hydrogen) atoms. The van der Waals surface area contributed by atoms with Crippen LogP contribution >= 0.6 is 0 Å². The van der Waals surface area contributed by atoms with Gasteiger partial charge in [0.1, 0.15) is 17.3 Å². The number of aromatic nitrogens is 1. The molecule has 0 aliphatic carbocycles. The minimum absolute atomic E-state index is 0.0672. The van der Waals surface area contributed by atoms with E-state index in [1.165, 1.54) is 12.1 Å². The lowest BCUT2D eigenvalue weighted by atomic mass is 9.87. The van der Waals surface area contributed by atoms with Gasteiger partial charge >= 0.3 is 0 Å². The van der Waals surface area contributed by atoms with E-state index >= 15 is 0 Å². The Hall–Kier alpha value is -5.94. The molecule has 0 saturated heterocycles. The summed E-state index contributed by atoms with van der Waals surface area (Å²) in [5, 5.41) is 4.43. The van der Waals surface area contributed by atoms with E-state index in [9.17, 15) is 9.18 Å². The Kier molecular flexibility index (Phi) is 9.10. The summed E-state index contributed by atoms with van der Waals surface area (Å²) in [6, 6.07) is 52.4. The average Bonchev–Trinajstić information content (AvgIpc) is 3.49. The molecule has 0 saturated carbocycles. The van der Waals surface area contributed by atoms with Gasteiger partial charge in [-0.2, -0.15) is 0 Å². The predicted octanol–water partition coefficient (Wildman–Crippen LogP) is 10.0. The largest absolute Gasteiger partial charge is 0.457 e. The molecule has 1 unspecified atom stereocenters. The maximum Gasteiger partial charge on any atom is 0.221 e. The fourth-order valence-corrected chi connectivity index (χ4v) is 6.35. The Labute approximate surface area is 280 Å². The molecule has 1 amide bonds. The van der Waals surface area contributed by atoms with Gasteiger partial charge in [-0.1, -0.05) is 121 Å². The normalized spacial score (nSPS) is 11.8. The SMILES string of the molecule is O=C(CC(c1cccc(Oc2ccccc2)c1)c1cn(Cc2ccc(F)cc2)c2ccccc12)NC(c1ccccc1)c1ccccc1. The molecule has 236 valence electrons. The molecule has 7 rings (SSSR count). The number of rotatable bonds is 11. The van der Waals surface area contributed by atoms with Gasteiger partial charge in [0.2, 0.25) is 5.91 Å². The van der Waals surface area contributed by atoms with Crippen LogP contribution in [0.5, 0.6) is 11.5 Å². The number of para-hydroxylation sites is 2. The number of halogens is 1. The number of carbonyl (C=O) groups excluding carboxylic acids is 1. The monoisotopic (exact) mass is 630 g/mol. The highest BCUT2D eigenvalue weighted by atomic mass is 19.1. The van der Waals surface area contributed by atoms with Crippen LogP contribution < -0.4 is 10.1 Å². The molecule has 0 aliphatic rings. The predicted molar refractivity (Wildman–Crippen MR) is 190 cm³/mol. The molecule has 0 aliphatic heterocycles. The zero-order valence-electron chi connectivity index (χ0n) is 26.4. The molecular weight excluding hydrogens is 595 g/mol. The van der Waals surface area contributed by atoms with E-state index < -0.39 is 0 Å². The first kappa shape index (κ1) is 30.7. The van der Waals surface area contributed by atoms with Crippen LogP contribution in [0.15, 0.2) is 170 Å². The first-order valence-corrected chi connectivity index (χ1v) is 16.1. The number of hydrogen-bond donors (Lipinski definition) is 1. The number of carbonyl (C=O) groups is 1. The number of ether oxygens (including phenoxy) is 1. The number of amides is 1. The van der Waals surface area contributed by atoms with Crippen molar-refractivity contribution < 1.29 is 13.9 Å². The van der Waals surface area contributed by atoms with Crippen molar-refractivity contribution in [3.63, 3.8) is 0 Å². The van der Waals surface area contributed by atoms with Gasteiger partial charge in [0.15, 0.2) is 0 Å². The molecule has 7 aromatic rings. The van der Waals surface area contributed by atoms with E-state index in [-0.39, 0.29) is 30.1 Å². The zero-order chi connectivity index (χ0) is 32.7. The van der Waals surface area contributed by atoms with E-state index in [2.05, 4.69) is 34.3 Å². The Morgan fingerprint density at radius 3 is 1.92 bits per heavy atom. The van der Waals surface area contributed by atoms with Crippen LogP contribution in [0, 0.1) is 5.82 Å². The lowest BCUT2D eigenvalue weighted by Crippen LogP contribution is -2.30. The standard InChI is InChI=1S/C43H35FN2O2/c44-35-25-23-31(24-26-35)29-46-30-40(38-21-10-11-22-41(38)46)39(34-17-12-20-37(27-34)48-36-18-8-3-9-19-36)28-42(47)45-43(32-13-4-1-5-14-32)33-15-6-2-7-16-33/h1-27,30,39,43H,28-29H2,(H,45,47). The van der Waals surface area contributed by atoms with Crippen LogP contribution in [-0.4, -0.2) is 10.5 Å². The minimum Gasteiger partial charge on any atom is -0.457 e. The van der Waals surface area contributed by atoms with Crippen LogP contribution in [-0.2, 0) is 11.3 Å². The molecule has 5 heteroatoms. The van der Waals surface area contributed by atoms with Crippen LogP contribution in [0.1, 0.15) is 46.2 Å². The lowest BCUT2D eigenvalue weighted by molar-refractivity contribution is -0.121. The van der Waals surface area contributed by atoms with Crippen molar-refractivity contribution in [2.24, 2.45) is 0 Å². The molecule has 0 bridgehead atoms. The number of nitrogens with zero attached hydrogens (tertiary/aromatic N) is 1. The maximum absolute atomic E-state index is 14.2. The third-order valence-corrected chi connectivity index (χ3v) is 8.66. The van der Waals surface area contributed by atoms with Crippen molar-refractivity contribution in [3.8, 4) is 11.5 Å². The molecule has 6 aromatic carbocycles. The van der Waals surface area contributed by atoms with E-state index in [1.807, 2.05) is 133 Å². The summed E-state index contributed by atoms with van der Waals surface area (Å²) in [6.45, 7) is 0.570. The molecule has 1 heterocycles. The average molecular weight is 631 g/mol. The fourth-order valence-electron chi connectivity index (χ4n) is 6.35. The second kappa shape index (κ2) is 14.2. The summed E-state index contributed by atoms with van der Waals surface area (Å²) < 4.78 is 22.1. The van der Waals surface area contributed by atoms with Crippen molar-refractivity contribution in [1.82, 2.24) is 9.88 Å². The summed E-state index contributed by atoms with van der Waals surface area (Å²) in [5.74, 6) is 0.835.